The first-order valence-corrected chi connectivity index (χ1v) is 9.33. The van der Waals surface area contributed by atoms with Crippen molar-refractivity contribution in [3.05, 3.63) is 45.4 Å². The third-order valence-electron chi connectivity index (χ3n) is 5.23. The van der Waals surface area contributed by atoms with Crippen molar-refractivity contribution in [2.24, 2.45) is 11.0 Å². The van der Waals surface area contributed by atoms with Crippen LogP contribution in [0.3, 0.4) is 0 Å². The normalized spacial score (nSPS) is 20.1. The van der Waals surface area contributed by atoms with Crippen LogP contribution in [0.1, 0.15) is 49.9 Å². The van der Waals surface area contributed by atoms with Crippen LogP contribution in [0, 0.1) is 5.92 Å². The first-order valence-electron chi connectivity index (χ1n) is 8.95. The fourth-order valence-electron chi connectivity index (χ4n) is 3.60. The number of hydrogen-bond donors (Lipinski definition) is 2. The molecule has 1 aliphatic carbocycles. The zero-order valence-corrected chi connectivity index (χ0v) is 16.1. The highest BCUT2D eigenvalue weighted by molar-refractivity contribution is 6.33. The number of fused-ring (bicyclic) bond motifs is 1. The number of hydrogen-bond acceptors (Lipinski definition) is 4. The fourth-order valence-corrected chi connectivity index (χ4v) is 3.81. The van der Waals surface area contributed by atoms with Gasteiger partial charge in [-0.25, -0.2) is 0 Å². The van der Waals surface area contributed by atoms with Crippen LogP contribution in [-0.2, 0) is 0 Å². The van der Waals surface area contributed by atoms with E-state index in [1.54, 1.807) is 18.2 Å². The maximum Gasteiger partial charge on any atom is 0.253 e. The first kappa shape index (κ1) is 19.4. The minimum absolute atomic E-state index is 0.0997. The van der Waals surface area contributed by atoms with Crippen LogP contribution < -0.4 is 5.32 Å². The molecule has 1 heterocycles. The standard InChI is InChI=1S/C19H22ClN5O2/c1-19(2,27)13-3-5-14(6-4-13)23-18(26)12-7-11-8-15(20)17(24-25-21)9-16(11)22-10-12/h7-10,13-14,27H,3-6H2,1-2H3,(H,23,26)/t13-,14-. The lowest BCUT2D eigenvalue weighted by molar-refractivity contribution is -0.00257. The van der Waals surface area contributed by atoms with Gasteiger partial charge in [-0.05, 0) is 69.2 Å². The molecule has 1 aromatic carbocycles. The Kier molecular flexibility index (Phi) is 5.56. The topological polar surface area (TPSA) is 111 Å². The van der Waals surface area contributed by atoms with E-state index in [9.17, 15) is 9.90 Å². The summed E-state index contributed by atoms with van der Waals surface area (Å²) in [7, 11) is 0. The Morgan fingerprint density at radius 1 is 1.33 bits per heavy atom. The molecule has 1 fully saturated rings. The molecule has 0 unspecified atom stereocenters. The maximum atomic E-state index is 12.6. The monoisotopic (exact) mass is 387 g/mol. The Balaban J connectivity index is 1.71. The van der Waals surface area contributed by atoms with Crippen LogP contribution in [0.5, 0.6) is 0 Å². The second kappa shape index (κ2) is 7.72. The van der Waals surface area contributed by atoms with Crippen LogP contribution in [-0.4, -0.2) is 27.6 Å². The lowest BCUT2D eigenvalue weighted by atomic mass is 9.77. The number of nitrogens with one attached hydrogen (secondary N) is 1. The van der Waals surface area contributed by atoms with E-state index >= 15 is 0 Å². The number of carbonyl (C=O) groups excluding carboxylic acids is 1. The van der Waals surface area contributed by atoms with Gasteiger partial charge in [0.25, 0.3) is 5.91 Å². The minimum atomic E-state index is -0.676. The highest BCUT2D eigenvalue weighted by Gasteiger charge is 2.31. The second-order valence-corrected chi connectivity index (χ2v) is 7.99. The van der Waals surface area contributed by atoms with Crippen molar-refractivity contribution in [2.75, 3.05) is 0 Å². The van der Waals surface area contributed by atoms with Crippen LogP contribution in [0.25, 0.3) is 21.3 Å². The average Bonchev–Trinajstić information content (AvgIpc) is 2.62. The predicted octanol–water partition coefficient (Wildman–Crippen LogP) is 4.89. The van der Waals surface area contributed by atoms with Crippen molar-refractivity contribution < 1.29 is 9.90 Å². The Morgan fingerprint density at radius 2 is 2.04 bits per heavy atom. The summed E-state index contributed by atoms with van der Waals surface area (Å²) in [6.45, 7) is 3.69. The molecule has 2 N–H and O–H groups in total. The molecule has 1 aliphatic rings. The number of aromatic nitrogens is 1. The molecule has 0 saturated heterocycles. The number of aliphatic hydroxyl groups is 1. The van der Waals surface area contributed by atoms with Gasteiger partial charge in [-0.1, -0.05) is 16.7 Å². The van der Waals surface area contributed by atoms with Gasteiger partial charge in [0.2, 0.25) is 0 Å². The largest absolute Gasteiger partial charge is 0.390 e. The van der Waals surface area contributed by atoms with E-state index in [1.165, 1.54) is 6.20 Å². The number of carbonyl (C=O) groups is 1. The number of amides is 1. The molecule has 0 aliphatic heterocycles. The van der Waals surface area contributed by atoms with E-state index in [0.717, 1.165) is 25.7 Å². The van der Waals surface area contributed by atoms with Gasteiger partial charge in [0.15, 0.2) is 0 Å². The third-order valence-corrected chi connectivity index (χ3v) is 5.53. The van der Waals surface area contributed by atoms with Crippen LogP contribution in [0.4, 0.5) is 5.69 Å². The van der Waals surface area contributed by atoms with Crippen molar-refractivity contribution in [1.82, 2.24) is 10.3 Å². The van der Waals surface area contributed by atoms with E-state index < -0.39 is 5.60 Å². The quantitative estimate of drug-likeness (QED) is 0.442. The zero-order chi connectivity index (χ0) is 19.6. The molecule has 1 aromatic heterocycles. The van der Waals surface area contributed by atoms with E-state index in [2.05, 4.69) is 20.3 Å². The average molecular weight is 388 g/mol. The molecule has 1 saturated carbocycles. The lowest BCUT2D eigenvalue weighted by Crippen LogP contribution is -2.41. The SMILES string of the molecule is CC(C)(O)[C@H]1CC[C@H](NC(=O)c2cnc3cc(N=[N+]=[N-])c(Cl)cc3c2)CC1. The van der Waals surface area contributed by atoms with Gasteiger partial charge >= 0.3 is 0 Å². The molecule has 1 amide bonds. The second-order valence-electron chi connectivity index (χ2n) is 7.59. The number of pyridine rings is 1. The summed E-state index contributed by atoms with van der Waals surface area (Å²) in [5, 5.41) is 17.7. The fraction of sp³-hybridized carbons (Fsp3) is 0.474. The first-order chi connectivity index (χ1) is 12.8. The Hall–Kier alpha value is -2.34. The van der Waals surface area contributed by atoms with Crippen molar-refractivity contribution in [3.8, 4) is 0 Å². The van der Waals surface area contributed by atoms with Gasteiger partial charge in [0.1, 0.15) is 0 Å². The minimum Gasteiger partial charge on any atom is -0.390 e. The number of azide groups is 1. The summed E-state index contributed by atoms with van der Waals surface area (Å²) in [6, 6.07) is 5.06. The predicted molar refractivity (Wildman–Crippen MR) is 105 cm³/mol. The molecule has 0 radical (unpaired) electrons. The molecule has 8 heteroatoms. The van der Waals surface area contributed by atoms with Crippen molar-refractivity contribution in [2.45, 2.75) is 51.2 Å². The van der Waals surface area contributed by atoms with E-state index in [1.807, 2.05) is 13.8 Å². The Labute approximate surface area is 162 Å². The van der Waals surface area contributed by atoms with Crippen LogP contribution >= 0.6 is 11.6 Å². The molecular formula is C19H22ClN5O2. The van der Waals surface area contributed by atoms with Crippen molar-refractivity contribution in [1.29, 1.82) is 0 Å². The number of rotatable bonds is 4. The highest BCUT2D eigenvalue weighted by Crippen LogP contribution is 2.33. The Bertz CT molecular complexity index is 910. The summed E-state index contributed by atoms with van der Waals surface area (Å²) in [4.78, 5) is 19.6. The molecule has 3 rings (SSSR count). The van der Waals surface area contributed by atoms with Crippen LogP contribution in [0.15, 0.2) is 29.5 Å². The lowest BCUT2D eigenvalue weighted by Gasteiger charge is -2.36. The molecule has 0 spiro atoms. The number of halogens is 1. The van der Waals surface area contributed by atoms with Gasteiger partial charge in [0.05, 0.1) is 27.4 Å². The number of nitrogens with zero attached hydrogens (tertiary/aromatic N) is 4. The molecule has 0 bridgehead atoms. The van der Waals surface area contributed by atoms with E-state index in [4.69, 9.17) is 17.1 Å². The van der Waals surface area contributed by atoms with Gasteiger partial charge in [-0.3, -0.25) is 9.78 Å². The maximum absolute atomic E-state index is 12.6. The zero-order valence-electron chi connectivity index (χ0n) is 15.3. The molecule has 0 atom stereocenters. The molecular weight excluding hydrogens is 366 g/mol. The molecule has 142 valence electrons. The van der Waals surface area contributed by atoms with Crippen LogP contribution in [0.2, 0.25) is 5.02 Å². The molecule has 27 heavy (non-hydrogen) atoms. The highest BCUT2D eigenvalue weighted by atomic mass is 35.5. The van der Waals surface area contributed by atoms with Gasteiger partial charge in [-0.15, -0.1) is 0 Å². The molecule has 2 aromatic rings. The summed E-state index contributed by atoms with van der Waals surface area (Å²) in [5.74, 6) is 0.0896. The third kappa shape index (κ3) is 4.50. The van der Waals surface area contributed by atoms with Crippen molar-refractivity contribution in [3.63, 3.8) is 0 Å². The summed E-state index contributed by atoms with van der Waals surface area (Å²) in [5.41, 5.74) is 9.25. The Morgan fingerprint density at radius 3 is 2.67 bits per heavy atom. The summed E-state index contributed by atoms with van der Waals surface area (Å²) >= 11 is 6.11. The van der Waals surface area contributed by atoms with E-state index in [-0.39, 0.29) is 17.9 Å². The summed E-state index contributed by atoms with van der Waals surface area (Å²) in [6.07, 6.45) is 4.99. The van der Waals surface area contributed by atoms with Gasteiger partial charge in [0, 0.05) is 22.5 Å². The van der Waals surface area contributed by atoms with E-state index in [0.29, 0.717) is 27.2 Å². The smallest absolute Gasteiger partial charge is 0.253 e. The van der Waals surface area contributed by atoms with Gasteiger partial charge in [-0.2, -0.15) is 0 Å². The summed E-state index contributed by atoms with van der Waals surface area (Å²) < 4.78 is 0. The molecule has 7 nitrogen and oxygen atoms in total. The number of benzene rings is 1. The van der Waals surface area contributed by atoms with Gasteiger partial charge < -0.3 is 10.4 Å². The van der Waals surface area contributed by atoms with Crippen molar-refractivity contribution >= 4 is 34.1 Å².